The van der Waals surface area contributed by atoms with Crippen LogP contribution in [0, 0.1) is 13.8 Å². The number of hydrogen-bond acceptors (Lipinski definition) is 4. The number of alkyl halides is 3. The van der Waals surface area contributed by atoms with Crippen molar-refractivity contribution >= 4 is 28.2 Å². The van der Waals surface area contributed by atoms with E-state index in [1.165, 1.54) is 23.5 Å². The van der Waals surface area contributed by atoms with Crippen LogP contribution in [0.1, 0.15) is 34.0 Å². The lowest BCUT2D eigenvalue weighted by molar-refractivity contribution is -0.137. The summed E-state index contributed by atoms with van der Waals surface area (Å²) in [6.07, 6.45) is -4.04. The van der Waals surface area contributed by atoms with Crippen LogP contribution in [0.3, 0.4) is 0 Å². The van der Waals surface area contributed by atoms with Gasteiger partial charge in [0.2, 0.25) is 0 Å². The van der Waals surface area contributed by atoms with Crippen LogP contribution in [0.25, 0.3) is 0 Å². The maximum Gasteiger partial charge on any atom is 0.416 e. The summed E-state index contributed by atoms with van der Waals surface area (Å²) in [5, 5.41) is 7.61. The molecular weight excluding hydrogens is 413 g/mol. The number of halogens is 3. The number of aryl methyl sites for hydroxylation is 2. The van der Waals surface area contributed by atoms with Crippen LogP contribution in [0.5, 0.6) is 0 Å². The molecule has 158 valence electrons. The molecule has 0 bridgehead atoms. The van der Waals surface area contributed by atoms with Crippen LogP contribution in [-0.2, 0) is 12.6 Å². The first-order chi connectivity index (χ1) is 14.1. The van der Waals surface area contributed by atoms with Crippen molar-refractivity contribution in [1.29, 1.82) is 0 Å². The molecule has 2 amide bonds. The minimum atomic E-state index is -4.37. The van der Waals surface area contributed by atoms with E-state index in [1.54, 1.807) is 5.38 Å². The van der Waals surface area contributed by atoms with Gasteiger partial charge in [-0.2, -0.15) is 13.2 Å². The van der Waals surface area contributed by atoms with Crippen LogP contribution < -0.4 is 16.4 Å². The molecule has 0 radical (unpaired) electrons. The van der Waals surface area contributed by atoms with Crippen LogP contribution in [-0.4, -0.2) is 11.0 Å². The summed E-state index contributed by atoms with van der Waals surface area (Å²) in [5.74, 6) is 0. The van der Waals surface area contributed by atoms with Gasteiger partial charge in [-0.3, -0.25) is 5.32 Å². The molecule has 1 heterocycles. The van der Waals surface area contributed by atoms with E-state index in [2.05, 4.69) is 15.6 Å². The molecule has 0 aliphatic rings. The predicted molar refractivity (Wildman–Crippen MR) is 113 cm³/mol. The molecule has 9 heteroatoms. The second-order valence-electron chi connectivity index (χ2n) is 6.93. The highest BCUT2D eigenvalue weighted by Gasteiger charge is 2.30. The second-order valence-corrected chi connectivity index (χ2v) is 7.79. The van der Waals surface area contributed by atoms with Gasteiger partial charge in [-0.15, -0.1) is 11.3 Å². The van der Waals surface area contributed by atoms with E-state index in [0.29, 0.717) is 22.8 Å². The van der Waals surface area contributed by atoms with Crippen molar-refractivity contribution in [3.8, 4) is 0 Å². The van der Waals surface area contributed by atoms with Gasteiger partial charge < -0.3 is 11.1 Å². The fourth-order valence-electron chi connectivity index (χ4n) is 2.96. The van der Waals surface area contributed by atoms with E-state index < -0.39 is 23.8 Å². The topological polar surface area (TPSA) is 80.0 Å². The summed E-state index contributed by atoms with van der Waals surface area (Å²) < 4.78 is 38.0. The number of anilines is 2. The largest absolute Gasteiger partial charge is 0.416 e. The van der Waals surface area contributed by atoms with E-state index in [4.69, 9.17) is 5.73 Å². The molecule has 0 saturated heterocycles. The number of carbonyl (C=O) groups is 1. The van der Waals surface area contributed by atoms with Gasteiger partial charge >= 0.3 is 12.2 Å². The summed E-state index contributed by atoms with van der Waals surface area (Å²) in [7, 11) is 0. The highest BCUT2D eigenvalue weighted by molar-refractivity contribution is 7.13. The zero-order valence-corrected chi connectivity index (χ0v) is 17.2. The van der Waals surface area contributed by atoms with Crippen LogP contribution >= 0.6 is 11.3 Å². The van der Waals surface area contributed by atoms with Gasteiger partial charge in [0.1, 0.15) is 0 Å². The Kier molecular flexibility index (Phi) is 6.42. The van der Waals surface area contributed by atoms with Crippen molar-refractivity contribution in [3.05, 3.63) is 75.8 Å². The molecule has 5 nitrogen and oxygen atoms in total. The molecule has 4 N–H and O–H groups in total. The molecule has 0 saturated carbocycles. The van der Waals surface area contributed by atoms with Gasteiger partial charge in [-0.1, -0.05) is 30.3 Å². The highest BCUT2D eigenvalue weighted by Crippen LogP contribution is 2.30. The quantitative estimate of drug-likeness (QED) is 0.484. The summed E-state index contributed by atoms with van der Waals surface area (Å²) >= 11 is 1.23. The number of nitrogens with one attached hydrogen (secondary N) is 2. The number of thiazole rings is 1. The molecule has 3 aromatic rings. The molecule has 1 unspecified atom stereocenters. The zero-order valence-electron chi connectivity index (χ0n) is 16.4. The molecule has 0 aliphatic heterocycles. The average molecular weight is 434 g/mol. The third-order valence-electron chi connectivity index (χ3n) is 4.58. The maximum absolute atomic E-state index is 12.7. The lowest BCUT2D eigenvalue weighted by atomic mass is 10.0. The minimum Gasteiger partial charge on any atom is -0.322 e. The van der Waals surface area contributed by atoms with Crippen LogP contribution in [0.2, 0.25) is 0 Å². The Hall–Kier alpha value is -2.91. The number of hydrogen-bond donors (Lipinski definition) is 3. The van der Waals surface area contributed by atoms with E-state index in [0.717, 1.165) is 28.9 Å². The number of urea groups is 1. The average Bonchev–Trinajstić information content (AvgIpc) is 3.13. The fraction of sp³-hybridized carbons (Fsp3) is 0.238. The van der Waals surface area contributed by atoms with Crippen molar-refractivity contribution < 1.29 is 18.0 Å². The Morgan fingerprint density at radius 3 is 2.33 bits per heavy atom. The Morgan fingerprint density at radius 2 is 1.73 bits per heavy atom. The molecule has 1 aromatic heterocycles. The summed E-state index contributed by atoms with van der Waals surface area (Å²) in [5.41, 5.74) is 9.32. The molecule has 1 atom stereocenters. The summed E-state index contributed by atoms with van der Waals surface area (Å²) in [4.78, 5) is 16.6. The van der Waals surface area contributed by atoms with E-state index in [9.17, 15) is 18.0 Å². The fourth-order valence-corrected chi connectivity index (χ4v) is 3.73. The zero-order chi connectivity index (χ0) is 21.9. The number of nitrogens with zero attached hydrogens (tertiary/aromatic N) is 1. The van der Waals surface area contributed by atoms with Gasteiger partial charge in [0, 0.05) is 11.1 Å². The number of rotatable bonds is 5. The number of amides is 2. The number of benzene rings is 2. The molecule has 0 fully saturated rings. The smallest absolute Gasteiger partial charge is 0.322 e. The standard InChI is InChI=1S/C21H21F3N4OS/c1-12-4-3-5-13(2)18(12)27-19(29)28-20-26-17(11-30-20)16(25)10-14-6-8-15(9-7-14)21(22,23)24/h3-9,11,16H,10,25H2,1-2H3,(H2,26,27,28,29). The van der Waals surface area contributed by atoms with Gasteiger partial charge in [0.05, 0.1) is 17.3 Å². The molecule has 0 spiro atoms. The number of para-hydroxylation sites is 1. The highest BCUT2D eigenvalue weighted by atomic mass is 32.1. The molecule has 2 aromatic carbocycles. The number of aromatic nitrogens is 1. The van der Waals surface area contributed by atoms with Crippen molar-refractivity contribution in [3.63, 3.8) is 0 Å². The lowest BCUT2D eigenvalue weighted by Gasteiger charge is -2.12. The monoisotopic (exact) mass is 434 g/mol. The Morgan fingerprint density at radius 1 is 1.10 bits per heavy atom. The van der Waals surface area contributed by atoms with E-state index in [-0.39, 0.29) is 0 Å². The SMILES string of the molecule is Cc1cccc(C)c1NC(=O)Nc1nc(C(N)Cc2ccc(C(F)(F)F)cc2)cs1. The molecule has 30 heavy (non-hydrogen) atoms. The third kappa shape index (κ3) is 5.37. The van der Waals surface area contributed by atoms with Crippen molar-refractivity contribution in [2.45, 2.75) is 32.5 Å². The van der Waals surface area contributed by atoms with Crippen molar-refractivity contribution in [2.24, 2.45) is 5.73 Å². The van der Waals surface area contributed by atoms with Gasteiger partial charge in [-0.25, -0.2) is 9.78 Å². The second kappa shape index (κ2) is 8.85. The van der Waals surface area contributed by atoms with Gasteiger partial charge in [0.15, 0.2) is 5.13 Å². The summed E-state index contributed by atoms with van der Waals surface area (Å²) in [6, 6.07) is 9.70. The first-order valence-corrected chi connectivity index (χ1v) is 10.0. The van der Waals surface area contributed by atoms with E-state index in [1.807, 2.05) is 32.0 Å². The molecule has 3 rings (SSSR count). The number of nitrogens with two attached hydrogens (primary N) is 1. The first kappa shape index (κ1) is 21.8. The molecule has 0 aliphatic carbocycles. The normalized spacial score (nSPS) is 12.5. The van der Waals surface area contributed by atoms with Gasteiger partial charge in [0.25, 0.3) is 0 Å². The lowest BCUT2D eigenvalue weighted by Crippen LogP contribution is -2.21. The van der Waals surface area contributed by atoms with Crippen molar-refractivity contribution in [2.75, 3.05) is 10.6 Å². The van der Waals surface area contributed by atoms with Gasteiger partial charge in [-0.05, 0) is 49.1 Å². The van der Waals surface area contributed by atoms with E-state index >= 15 is 0 Å². The first-order valence-electron chi connectivity index (χ1n) is 9.15. The number of carbonyl (C=O) groups excluding carboxylic acids is 1. The van der Waals surface area contributed by atoms with Crippen LogP contribution in [0.15, 0.2) is 47.8 Å². The predicted octanol–water partition coefficient (Wildman–Crippen LogP) is 5.67. The van der Waals surface area contributed by atoms with Crippen LogP contribution in [0.4, 0.5) is 28.8 Å². The Balaban J connectivity index is 1.60. The molecular formula is C21H21F3N4OS. The Labute approximate surface area is 176 Å². The Bertz CT molecular complexity index is 1010. The minimum absolute atomic E-state index is 0.329. The third-order valence-corrected chi connectivity index (χ3v) is 5.35. The van der Waals surface area contributed by atoms with Crippen molar-refractivity contribution in [1.82, 2.24) is 4.98 Å². The maximum atomic E-state index is 12.7. The summed E-state index contributed by atoms with van der Waals surface area (Å²) in [6.45, 7) is 3.81.